The van der Waals surface area contributed by atoms with E-state index in [1.807, 2.05) is 6.08 Å². The number of hydrogen-bond acceptors (Lipinski definition) is 2. The fourth-order valence-corrected chi connectivity index (χ4v) is 3.42. The van der Waals surface area contributed by atoms with Gasteiger partial charge in [0.1, 0.15) is 0 Å². The first kappa shape index (κ1) is 13.6. The molecule has 0 radical (unpaired) electrons. The zero-order valence-electron chi connectivity index (χ0n) is 12.2. The van der Waals surface area contributed by atoms with Gasteiger partial charge in [0.2, 0.25) is 0 Å². The number of carbonyl (C=O) groups excluding carboxylic acids is 1. The summed E-state index contributed by atoms with van der Waals surface area (Å²) in [5.41, 5.74) is 2.39. The molecule has 0 bridgehead atoms. The summed E-state index contributed by atoms with van der Waals surface area (Å²) in [6.45, 7) is 0. The highest BCUT2D eigenvalue weighted by atomic mass is 16.1. The molecule has 2 aliphatic rings. The molecule has 20 heavy (non-hydrogen) atoms. The van der Waals surface area contributed by atoms with Crippen LogP contribution in [0.5, 0.6) is 0 Å². The molecule has 0 spiro atoms. The maximum Gasteiger partial charge on any atom is 0.155 e. The van der Waals surface area contributed by atoms with Gasteiger partial charge in [0, 0.05) is 19.0 Å². The summed E-state index contributed by atoms with van der Waals surface area (Å²) >= 11 is 0. The lowest BCUT2D eigenvalue weighted by Crippen LogP contribution is -2.13. The van der Waals surface area contributed by atoms with Crippen LogP contribution in [0.4, 0.5) is 0 Å². The van der Waals surface area contributed by atoms with E-state index in [1.165, 1.54) is 37.7 Å². The Hall–Kier alpha value is -1.38. The molecular weight excluding hydrogens is 248 g/mol. The first-order chi connectivity index (χ1) is 9.81. The number of carbonyl (C=O) groups is 1. The first-order valence-corrected chi connectivity index (χ1v) is 8.07. The van der Waals surface area contributed by atoms with E-state index >= 15 is 0 Å². The summed E-state index contributed by atoms with van der Waals surface area (Å²) in [6, 6.07) is 2.73. The van der Waals surface area contributed by atoms with E-state index in [9.17, 15) is 4.79 Å². The maximum atomic E-state index is 11.6. The van der Waals surface area contributed by atoms with Gasteiger partial charge in [-0.05, 0) is 44.2 Å². The van der Waals surface area contributed by atoms with E-state index in [0.717, 1.165) is 37.8 Å². The number of allylic oxidation sites excluding steroid dienone is 2. The van der Waals surface area contributed by atoms with Crippen LogP contribution in [0.3, 0.4) is 0 Å². The fourth-order valence-electron chi connectivity index (χ4n) is 3.42. The summed E-state index contributed by atoms with van der Waals surface area (Å²) in [5, 5.41) is 4.75. The Morgan fingerprint density at radius 2 is 1.90 bits per heavy atom. The Kier molecular flexibility index (Phi) is 4.34. The van der Waals surface area contributed by atoms with Gasteiger partial charge in [-0.25, -0.2) is 0 Å². The van der Waals surface area contributed by atoms with Crippen LogP contribution >= 0.6 is 0 Å². The molecule has 3 rings (SSSR count). The van der Waals surface area contributed by atoms with Gasteiger partial charge in [-0.15, -0.1) is 0 Å². The van der Waals surface area contributed by atoms with Crippen molar-refractivity contribution in [2.24, 2.45) is 0 Å². The summed E-state index contributed by atoms with van der Waals surface area (Å²) in [7, 11) is 0. The van der Waals surface area contributed by atoms with Crippen molar-refractivity contribution in [2.75, 3.05) is 0 Å². The van der Waals surface area contributed by atoms with E-state index in [4.69, 9.17) is 5.10 Å². The Morgan fingerprint density at radius 1 is 1.10 bits per heavy atom. The minimum atomic E-state index is 0.296. The van der Waals surface area contributed by atoms with Gasteiger partial charge in [0.15, 0.2) is 5.78 Å². The SMILES string of the molecule is O=C1C=C(Cc2ccn(C3CCCCC3)n2)CCCC1. The molecule has 0 N–H and O–H groups in total. The Labute approximate surface area is 121 Å². The molecule has 0 unspecified atom stereocenters. The van der Waals surface area contributed by atoms with Gasteiger partial charge in [-0.2, -0.15) is 5.10 Å². The van der Waals surface area contributed by atoms with Gasteiger partial charge in [-0.1, -0.05) is 24.8 Å². The standard InChI is InChI=1S/C17H24N2O/c20-17-9-5-4-6-14(13-17)12-15-10-11-19(18-15)16-7-2-1-3-8-16/h10-11,13,16H,1-9,12H2. The van der Waals surface area contributed by atoms with Gasteiger partial charge >= 0.3 is 0 Å². The molecule has 108 valence electrons. The van der Waals surface area contributed by atoms with E-state index in [0.29, 0.717) is 11.8 Å². The lowest BCUT2D eigenvalue weighted by molar-refractivity contribution is -0.114. The summed E-state index contributed by atoms with van der Waals surface area (Å²) in [5.74, 6) is 0.296. The number of ketones is 1. The highest BCUT2D eigenvalue weighted by Crippen LogP contribution is 2.28. The second-order valence-corrected chi connectivity index (χ2v) is 6.23. The summed E-state index contributed by atoms with van der Waals surface area (Å²) in [4.78, 5) is 11.6. The number of rotatable bonds is 3. The second-order valence-electron chi connectivity index (χ2n) is 6.23. The third kappa shape index (κ3) is 3.38. The molecule has 0 amide bonds. The van der Waals surface area contributed by atoms with Crippen molar-refractivity contribution < 1.29 is 4.79 Å². The molecule has 1 fully saturated rings. The van der Waals surface area contributed by atoms with E-state index in [2.05, 4.69) is 16.9 Å². The average Bonchev–Trinajstić information content (AvgIpc) is 2.83. The molecule has 3 nitrogen and oxygen atoms in total. The monoisotopic (exact) mass is 272 g/mol. The lowest BCUT2D eigenvalue weighted by atomic mass is 9.96. The van der Waals surface area contributed by atoms with Crippen LogP contribution in [0.1, 0.15) is 69.5 Å². The molecule has 1 saturated carbocycles. The van der Waals surface area contributed by atoms with Crippen LogP contribution in [-0.2, 0) is 11.2 Å². The molecule has 1 aromatic heterocycles. The predicted molar refractivity (Wildman–Crippen MR) is 79.6 cm³/mol. The molecule has 1 aromatic rings. The number of aromatic nitrogens is 2. The zero-order chi connectivity index (χ0) is 13.8. The Morgan fingerprint density at radius 3 is 2.75 bits per heavy atom. The smallest absolute Gasteiger partial charge is 0.155 e. The van der Waals surface area contributed by atoms with Crippen LogP contribution < -0.4 is 0 Å². The maximum absolute atomic E-state index is 11.6. The number of nitrogens with zero attached hydrogens (tertiary/aromatic N) is 2. The van der Waals surface area contributed by atoms with Crippen molar-refractivity contribution >= 4 is 5.78 Å². The van der Waals surface area contributed by atoms with E-state index < -0.39 is 0 Å². The Balaban J connectivity index is 1.65. The second kappa shape index (κ2) is 6.38. The largest absolute Gasteiger partial charge is 0.295 e. The van der Waals surface area contributed by atoms with Crippen molar-refractivity contribution in [1.82, 2.24) is 9.78 Å². The van der Waals surface area contributed by atoms with Crippen LogP contribution in [0, 0.1) is 0 Å². The molecule has 0 aromatic carbocycles. The average molecular weight is 272 g/mol. The van der Waals surface area contributed by atoms with Crippen LogP contribution in [0.25, 0.3) is 0 Å². The van der Waals surface area contributed by atoms with Crippen molar-refractivity contribution in [3.63, 3.8) is 0 Å². The highest BCUT2D eigenvalue weighted by Gasteiger charge is 2.16. The zero-order valence-corrected chi connectivity index (χ0v) is 12.2. The quantitative estimate of drug-likeness (QED) is 0.833. The van der Waals surface area contributed by atoms with Crippen LogP contribution in [0.2, 0.25) is 0 Å². The molecule has 1 heterocycles. The van der Waals surface area contributed by atoms with Gasteiger partial charge < -0.3 is 0 Å². The van der Waals surface area contributed by atoms with Crippen molar-refractivity contribution in [3.8, 4) is 0 Å². The van der Waals surface area contributed by atoms with Crippen molar-refractivity contribution in [3.05, 3.63) is 29.6 Å². The molecule has 0 atom stereocenters. The topological polar surface area (TPSA) is 34.9 Å². The molecule has 2 aliphatic carbocycles. The van der Waals surface area contributed by atoms with Crippen molar-refractivity contribution in [1.29, 1.82) is 0 Å². The van der Waals surface area contributed by atoms with Crippen LogP contribution in [0.15, 0.2) is 23.9 Å². The lowest BCUT2D eigenvalue weighted by Gasteiger charge is -2.21. The first-order valence-electron chi connectivity index (χ1n) is 8.07. The number of hydrogen-bond donors (Lipinski definition) is 0. The summed E-state index contributed by atoms with van der Waals surface area (Å²) in [6.07, 6.45) is 15.4. The van der Waals surface area contributed by atoms with Gasteiger partial charge in [0.05, 0.1) is 11.7 Å². The minimum absolute atomic E-state index is 0.296. The molecule has 0 saturated heterocycles. The fraction of sp³-hybridized carbons (Fsp3) is 0.647. The third-order valence-electron chi connectivity index (χ3n) is 4.56. The van der Waals surface area contributed by atoms with Crippen LogP contribution in [-0.4, -0.2) is 15.6 Å². The van der Waals surface area contributed by atoms with Gasteiger partial charge in [-0.3, -0.25) is 9.48 Å². The molecule has 3 heteroatoms. The summed E-state index contributed by atoms with van der Waals surface area (Å²) < 4.78 is 2.16. The third-order valence-corrected chi connectivity index (χ3v) is 4.56. The molecule has 0 aliphatic heterocycles. The minimum Gasteiger partial charge on any atom is -0.295 e. The van der Waals surface area contributed by atoms with Crippen molar-refractivity contribution in [2.45, 2.75) is 70.3 Å². The Bertz CT molecular complexity index is 495. The van der Waals surface area contributed by atoms with E-state index in [-0.39, 0.29) is 0 Å². The normalized spacial score (nSPS) is 21.6. The highest BCUT2D eigenvalue weighted by molar-refractivity contribution is 5.90. The molecular formula is C17H24N2O. The van der Waals surface area contributed by atoms with Gasteiger partial charge in [0.25, 0.3) is 0 Å². The van der Waals surface area contributed by atoms with E-state index in [1.54, 1.807) is 0 Å². The predicted octanol–water partition coefficient (Wildman–Crippen LogP) is 4.00.